The molecule has 2 aliphatic rings. The van der Waals surface area contributed by atoms with Crippen LogP contribution in [0.1, 0.15) is 43.4 Å². The maximum absolute atomic E-state index is 10.9. The molecule has 1 heterocycles. The van der Waals surface area contributed by atoms with Gasteiger partial charge in [-0.05, 0) is 42.4 Å². The Bertz CT molecular complexity index is 502. The van der Waals surface area contributed by atoms with E-state index in [1.54, 1.807) is 0 Å². The summed E-state index contributed by atoms with van der Waals surface area (Å²) in [4.78, 5) is 2.28. The Morgan fingerprint density at radius 2 is 2.30 bits per heavy atom. The summed E-state index contributed by atoms with van der Waals surface area (Å²) >= 11 is 0. The lowest BCUT2D eigenvalue weighted by Gasteiger charge is -2.34. The number of benzene rings is 1. The van der Waals surface area contributed by atoms with Crippen LogP contribution in [-0.2, 0) is 6.42 Å². The molecule has 0 radical (unpaired) electrons. The van der Waals surface area contributed by atoms with Crippen LogP contribution in [0.15, 0.2) is 18.2 Å². The summed E-state index contributed by atoms with van der Waals surface area (Å²) in [6.45, 7) is 3.92. The first-order valence-corrected chi connectivity index (χ1v) is 7.78. The van der Waals surface area contributed by atoms with Crippen molar-refractivity contribution < 1.29 is 5.11 Å². The number of aliphatic hydroxyl groups excluding tert-OH is 1. The van der Waals surface area contributed by atoms with Crippen LogP contribution < -0.4 is 10.6 Å². The van der Waals surface area contributed by atoms with Crippen molar-refractivity contribution in [3.8, 4) is 0 Å². The second-order valence-electron chi connectivity index (χ2n) is 6.88. The third-order valence-corrected chi connectivity index (χ3v) is 5.42. The predicted molar refractivity (Wildman–Crippen MR) is 82.9 cm³/mol. The summed E-state index contributed by atoms with van der Waals surface area (Å²) in [6, 6.07) is 6.44. The lowest BCUT2D eigenvalue weighted by molar-refractivity contribution is 0.0307. The summed E-state index contributed by atoms with van der Waals surface area (Å²) in [6.07, 6.45) is 3.93. The molecule has 0 aromatic heterocycles. The summed E-state index contributed by atoms with van der Waals surface area (Å²) < 4.78 is 0. The van der Waals surface area contributed by atoms with Crippen LogP contribution in [0.25, 0.3) is 0 Å². The Labute approximate surface area is 121 Å². The van der Waals surface area contributed by atoms with E-state index in [-0.39, 0.29) is 5.41 Å². The van der Waals surface area contributed by atoms with Gasteiger partial charge in [0, 0.05) is 31.2 Å². The van der Waals surface area contributed by atoms with Crippen molar-refractivity contribution in [2.75, 3.05) is 25.0 Å². The molecule has 0 spiro atoms. The molecule has 0 saturated heterocycles. The number of likely N-dealkylation sites (N-methyl/N-ethyl adjacent to an activating group) is 1. The molecule has 0 bridgehead atoms. The molecule has 3 atom stereocenters. The van der Waals surface area contributed by atoms with Crippen LogP contribution in [0, 0.1) is 11.3 Å². The Kier molecular flexibility index (Phi) is 3.51. The van der Waals surface area contributed by atoms with Crippen LogP contribution in [0.3, 0.4) is 0 Å². The van der Waals surface area contributed by atoms with Crippen LogP contribution in [0.4, 0.5) is 5.69 Å². The van der Waals surface area contributed by atoms with Crippen molar-refractivity contribution in [1.29, 1.82) is 0 Å². The molecule has 3 unspecified atom stereocenters. The number of nitrogens with zero attached hydrogens (tertiary/aromatic N) is 1. The minimum absolute atomic E-state index is 0.113. The summed E-state index contributed by atoms with van der Waals surface area (Å²) in [5.74, 6) is 0.675. The van der Waals surface area contributed by atoms with Gasteiger partial charge in [-0.2, -0.15) is 0 Å². The van der Waals surface area contributed by atoms with E-state index in [0.717, 1.165) is 31.4 Å². The number of aliphatic hydroxyl groups is 1. The molecule has 110 valence electrons. The lowest BCUT2D eigenvalue weighted by atomic mass is 9.76. The first-order chi connectivity index (χ1) is 9.55. The smallest absolute Gasteiger partial charge is 0.0858 e. The topological polar surface area (TPSA) is 49.5 Å². The van der Waals surface area contributed by atoms with Crippen LogP contribution in [-0.4, -0.2) is 25.2 Å². The average Bonchev–Trinajstić information content (AvgIpc) is 3.02. The van der Waals surface area contributed by atoms with Gasteiger partial charge in [0.2, 0.25) is 0 Å². The highest BCUT2D eigenvalue weighted by Gasteiger charge is 2.43. The molecule has 1 fully saturated rings. The fraction of sp³-hybridized carbons (Fsp3) is 0.647. The molecule has 3 nitrogen and oxygen atoms in total. The zero-order valence-corrected chi connectivity index (χ0v) is 12.6. The molecular weight excluding hydrogens is 248 g/mol. The molecule has 1 aliphatic heterocycles. The maximum Gasteiger partial charge on any atom is 0.0858 e. The molecule has 1 aromatic carbocycles. The van der Waals surface area contributed by atoms with Gasteiger partial charge in [0.05, 0.1) is 6.10 Å². The van der Waals surface area contributed by atoms with Crippen LogP contribution in [0.2, 0.25) is 0 Å². The largest absolute Gasteiger partial charge is 0.388 e. The number of hydrogen-bond donors (Lipinski definition) is 2. The van der Waals surface area contributed by atoms with E-state index in [1.165, 1.54) is 17.7 Å². The van der Waals surface area contributed by atoms with Crippen LogP contribution >= 0.6 is 0 Å². The zero-order chi connectivity index (χ0) is 14.3. The minimum Gasteiger partial charge on any atom is -0.388 e. The first-order valence-electron chi connectivity index (χ1n) is 7.78. The highest BCUT2D eigenvalue weighted by atomic mass is 16.3. The number of nitrogens with two attached hydrogens (primary N) is 1. The second kappa shape index (κ2) is 5.05. The Hall–Kier alpha value is -1.06. The van der Waals surface area contributed by atoms with Crippen molar-refractivity contribution >= 4 is 5.69 Å². The van der Waals surface area contributed by atoms with Gasteiger partial charge in [-0.1, -0.05) is 25.5 Å². The number of fused-ring (bicyclic) bond motifs is 1. The van der Waals surface area contributed by atoms with Gasteiger partial charge in [0.15, 0.2) is 0 Å². The highest BCUT2D eigenvalue weighted by molar-refractivity contribution is 5.58. The van der Waals surface area contributed by atoms with Crippen molar-refractivity contribution in [3.63, 3.8) is 0 Å². The molecular formula is C17H26N2O. The molecule has 1 saturated carbocycles. The predicted octanol–water partition coefficient (Wildman–Crippen LogP) is 2.48. The van der Waals surface area contributed by atoms with E-state index in [2.05, 4.69) is 37.1 Å². The normalized spacial score (nSPS) is 30.6. The van der Waals surface area contributed by atoms with Gasteiger partial charge >= 0.3 is 0 Å². The first kappa shape index (κ1) is 13.9. The fourth-order valence-corrected chi connectivity index (χ4v) is 4.09. The molecule has 20 heavy (non-hydrogen) atoms. The zero-order valence-electron chi connectivity index (χ0n) is 12.6. The summed E-state index contributed by atoms with van der Waals surface area (Å²) in [5, 5.41) is 10.9. The van der Waals surface area contributed by atoms with E-state index in [9.17, 15) is 5.11 Å². The molecule has 3 rings (SSSR count). The minimum atomic E-state index is -0.423. The van der Waals surface area contributed by atoms with E-state index >= 15 is 0 Å². The Balaban J connectivity index is 1.89. The van der Waals surface area contributed by atoms with E-state index in [1.807, 2.05) is 0 Å². The second-order valence-corrected chi connectivity index (χ2v) is 6.88. The number of anilines is 1. The van der Waals surface area contributed by atoms with Gasteiger partial charge in [0.25, 0.3) is 0 Å². The molecule has 3 N–H and O–H groups in total. The number of rotatable bonds is 3. The fourth-order valence-electron chi connectivity index (χ4n) is 4.09. The van der Waals surface area contributed by atoms with Gasteiger partial charge in [-0.3, -0.25) is 0 Å². The highest BCUT2D eigenvalue weighted by Crippen LogP contribution is 2.49. The summed E-state index contributed by atoms with van der Waals surface area (Å²) in [5.41, 5.74) is 9.65. The van der Waals surface area contributed by atoms with Gasteiger partial charge in [-0.25, -0.2) is 0 Å². The van der Waals surface area contributed by atoms with Gasteiger partial charge in [0.1, 0.15) is 0 Å². The third-order valence-electron chi connectivity index (χ3n) is 5.42. The summed E-state index contributed by atoms with van der Waals surface area (Å²) in [7, 11) is 2.13. The quantitative estimate of drug-likeness (QED) is 0.890. The van der Waals surface area contributed by atoms with E-state index in [4.69, 9.17) is 5.73 Å². The van der Waals surface area contributed by atoms with Crippen molar-refractivity contribution in [3.05, 3.63) is 29.3 Å². The van der Waals surface area contributed by atoms with Crippen molar-refractivity contribution in [1.82, 2.24) is 0 Å². The monoisotopic (exact) mass is 274 g/mol. The molecule has 1 aromatic rings. The maximum atomic E-state index is 10.9. The Morgan fingerprint density at radius 3 is 2.95 bits per heavy atom. The average molecular weight is 274 g/mol. The standard InChI is InChI=1S/C17H26N2O/c1-12-5-7-17(10-12,11-18)16(20)14-3-4-15-13(9-14)6-8-19(15)2/h3-4,9,12,16,20H,5-8,10-11,18H2,1-2H3. The van der Waals surface area contributed by atoms with Gasteiger partial charge in [-0.15, -0.1) is 0 Å². The molecule has 3 heteroatoms. The van der Waals surface area contributed by atoms with E-state index in [0.29, 0.717) is 12.5 Å². The van der Waals surface area contributed by atoms with Gasteiger partial charge < -0.3 is 15.7 Å². The molecule has 1 aliphatic carbocycles. The lowest BCUT2D eigenvalue weighted by Crippen LogP contribution is -2.34. The third kappa shape index (κ3) is 2.13. The van der Waals surface area contributed by atoms with Crippen molar-refractivity contribution in [2.45, 2.75) is 38.7 Å². The number of hydrogen-bond acceptors (Lipinski definition) is 3. The Morgan fingerprint density at radius 1 is 1.50 bits per heavy atom. The van der Waals surface area contributed by atoms with Crippen molar-refractivity contribution in [2.24, 2.45) is 17.1 Å². The van der Waals surface area contributed by atoms with Crippen LogP contribution in [0.5, 0.6) is 0 Å². The van der Waals surface area contributed by atoms with E-state index < -0.39 is 6.10 Å². The molecule has 0 amide bonds. The SMILES string of the molecule is CC1CCC(CN)(C(O)c2ccc3c(c2)CCN3C)C1.